The number of nitrogens with zero attached hydrogens (tertiary/aromatic N) is 1. The summed E-state index contributed by atoms with van der Waals surface area (Å²) in [5.74, 6) is 0.814. The van der Waals surface area contributed by atoms with Crippen LogP contribution in [0.4, 0.5) is 4.39 Å². The smallest absolute Gasteiger partial charge is 0.123 e. The molecule has 2 rings (SSSR count). The second-order valence-corrected chi connectivity index (χ2v) is 6.04. The van der Waals surface area contributed by atoms with Crippen LogP contribution in [0.15, 0.2) is 29.2 Å². The number of thioether (sulfide) groups is 1. The zero-order chi connectivity index (χ0) is 13.7. The molecule has 1 aromatic rings. The van der Waals surface area contributed by atoms with Gasteiger partial charge >= 0.3 is 0 Å². The molecule has 1 heterocycles. The van der Waals surface area contributed by atoms with Crippen LogP contribution in [0.25, 0.3) is 0 Å². The highest BCUT2D eigenvalue weighted by Gasteiger charge is 2.22. The summed E-state index contributed by atoms with van der Waals surface area (Å²) >= 11 is 1.75. The van der Waals surface area contributed by atoms with Gasteiger partial charge in [0.1, 0.15) is 5.82 Å². The fourth-order valence-corrected chi connectivity index (χ4v) is 2.99. The number of hydrogen-bond acceptors (Lipinski definition) is 4. The molecule has 2 atom stereocenters. The van der Waals surface area contributed by atoms with Crippen molar-refractivity contribution >= 4 is 11.8 Å². The van der Waals surface area contributed by atoms with Crippen LogP contribution in [0.5, 0.6) is 0 Å². The van der Waals surface area contributed by atoms with E-state index in [-0.39, 0.29) is 18.0 Å². The van der Waals surface area contributed by atoms with Crippen molar-refractivity contribution in [1.82, 2.24) is 4.90 Å². The Labute approximate surface area is 118 Å². The molecular formula is C14H21FN2OS. The van der Waals surface area contributed by atoms with Crippen LogP contribution in [0.2, 0.25) is 0 Å². The summed E-state index contributed by atoms with van der Waals surface area (Å²) in [7, 11) is 0. The molecule has 19 heavy (non-hydrogen) atoms. The Morgan fingerprint density at radius 1 is 1.47 bits per heavy atom. The van der Waals surface area contributed by atoms with Crippen LogP contribution in [-0.2, 0) is 4.74 Å². The number of benzene rings is 1. The minimum absolute atomic E-state index is 0.0764. The van der Waals surface area contributed by atoms with Crippen molar-refractivity contribution < 1.29 is 9.13 Å². The van der Waals surface area contributed by atoms with Gasteiger partial charge in [-0.1, -0.05) is 0 Å². The van der Waals surface area contributed by atoms with E-state index in [9.17, 15) is 4.39 Å². The molecule has 1 fully saturated rings. The first kappa shape index (κ1) is 14.8. The summed E-state index contributed by atoms with van der Waals surface area (Å²) in [6.07, 6.45) is 0.143. The summed E-state index contributed by atoms with van der Waals surface area (Å²) in [6.45, 7) is 5.62. The van der Waals surface area contributed by atoms with Gasteiger partial charge in [0.15, 0.2) is 0 Å². The average Bonchev–Trinajstić information content (AvgIpc) is 2.41. The molecule has 1 aliphatic heterocycles. The summed E-state index contributed by atoms with van der Waals surface area (Å²) in [5, 5.41) is 0. The van der Waals surface area contributed by atoms with Gasteiger partial charge in [0.2, 0.25) is 0 Å². The molecule has 1 aliphatic rings. The fraction of sp³-hybridized carbons (Fsp3) is 0.571. The summed E-state index contributed by atoms with van der Waals surface area (Å²) < 4.78 is 18.4. The first-order chi connectivity index (χ1) is 9.15. The number of nitrogens with two attached hydrogens (primary N) is 1. The molecule has 0 aromatic heterocycles. The lowest BCUT2D eigenvalue weighted by Crippen LogP contribution is -2.49. The molecule has 1 saturated heterocycles. The van der Waals surface area contributed by atoms with Crippen molar-refractivity contribution in [2.45, 2.75) is 24.0 Å². The zero-order valence-corrected chi connectivity index (χ0v) is 12.0. The SMILES string of the molecule is CC(N)C1CN(CCSc2ccc(F)cc2)CCO1. The van der Waals surface area contributed by atoms with E-state index in [0.29, 0.717) is 0 Å². The predicted molar refractivity (Wildman–Crippen MR) is 77.0 cm³/mol. The Morgan fingerprint density at radius 2 is 2.21 bits per heavy atom. The minimum Gasteiger partial charge on any atom is -0.374 e. The van der Waals surface area contributed by atoms with Crippen molar-refractivity contribution in [1.29, 1.82) is 0 Å². The maximum absolute atomic E-state index is 12.8. The first-order valence-electron chi connectivity index (χ1n) is 6.63. The number of ether oxygens (including phenoxy) is 1. The highest BCUT2D eigenvalue weighted by molar-refractivity contribution is 7.99. The van der Waals surface area contributed by atoms with Gasteiger partial charge in [-0.2, -0.15) is 0 Å². The highest BCUT2D eigenvalue weighted by Crippen LogP contribution is 2.18. The average molecular weight is 284 g/mol. The predicted octanol–water partition coefficient (Wildman–Crippen LogP) is 1.97. The van der Waals surface area contributed by atoms with Crippen LogP contribution in [-0.4, -0.2) is 49.0 Å². The molecule has 106 valence electrons. The summed E-state index contributed by atoms with van der Waals surface area (Å²) in [4.78, 5) is 3.49. The van der Waals surface area contributed by atoms with E-state index < -0.39 is 0 Å². The van der Waals surface area contributed by atoms with E-state index in [1.165, 1.54) is 12.1 Å². The third kappa shape index (κ3) is 4.76. The second-order valence-electron chi connectivity index (χ2n) is 4.87. The van der Waals surface area contributed by atoms with Crippen LogP contribution >= 0.6 is 11.8 Å². The second kappa shape index (κ2) is 7.24. The molecule has 0 amide bonds. The Hall–Kier alpha value is -0.620. The van der Waals surface area contributed by atoms with Crippen molar-refractivity contribution in [3.63, 3.8) is 0 Å². The number of halogens is 1. The molecule has 5 heteroatoms. The Balaban J connectivity index is 1.72. The van der Waals surface area contributed by atoms with Crippen LogP contribution < -0.4 is 5.73 Å². The summed E-state index contributed by atoms with van der Waals surface area (Å²) in [5.41, 5.74) is 5.87. The Morgan fingerprint density at radius 3 is 2.89 bits per heavy atom. The Kier molecular flexibility index (Phi) is 5.63. The zero-order valence-electron chi connectivity index (χ0n) is 11.2. The van der Waals surface area contributed by atoms with Crippen LogP contribution in [0, 0.1) is 5.82 Å². The third-order valence-electron chi connectivity index (χ3n) is 3.25. The van der Waals surface area contributed by atoms with Gasteiger partial charge in [0.25, 0.3) is 0 Å². The first-order valence-corrected chi connectivity index (χ1v) is 7.61. The summed E-state index contributed by atoms with van der Waals surface area (Å²) in [6, 6.07) is 6.73. The maximum atomic E-state index is 12.8. The third-order valence-corrected chi connectivity index (χ3v) is 4.25. The van der Waals surface area contributed by atoms with Gasteiger partial charge in [-0.25, -0.2) is 4.39 Å². The largest absolute Gasteiger partial charge is 0.374 e. The van der Waals surface area contributed by atoms with Gasteiger partial charge in [0, 0.05) is 36.3 Å². The molecule has 0 aliphatic carbocycles. The van der Waals surface area contributed by atoms with Gasteiger partial charge in [-0.15, -0.1) is 11.8 Å². The number of hydrogen-bond donors (Lipinski definition) is 1. The minimum atomic E-state index is -0.183. The number of rotatable bonds is 5. The molecule has 0 bridgehead atoms. The molecule has 2 N–H and O–H groups in total. The normalized spacial score (nSPS) is 22.4. The topological polar surface area (TPSA) is 38.5 Å². The van der Waals surface area contributed by atoms with Crippen LogP contribution in [0.1, 0.15) is 6.92 Å². The molecule has 0 radical (unpaired) electrons. The van der Waals surface area contributed by atoms with E-state index in [2.05, 4.69) is 4.90 Å². The van der Waals surface area contributed by atoms with E-state index >= 15 is 0 Å². The van der Waals surface area contributed by atoms with Gasteiger partial charge in [0.05, 0.1) is 12.7 Å². The molecule has 3 nitrogen and oxygen atoms in total. The lowest BCUT2D eigenvalue weighted by molar-refractivity contribution is -0.0355. The standard InChI is InChI=1S/C14H21FN2OS/c1-11(16)14-10-17(6-8-18-14)7-9-19-13-4-2-12(15)3-5-13/h2-5,11,14H,6-10,16H2,1H3. The van der Waals surface area contributed by atoms with E-state index in [0.717, 1.165) is 36.9 Å². The fourth-order valence-electron chi connectivity index (χ4n) is 2.08. The van der Waals surface area contributed by atoms with Crippen LogP contribution in [0.3, 0.4) is 0 Å². The quantitative estimate of drug-likeness (QED) is 0.839. The molecule has 0 saturated carbocycles. The van der Waals surface area contributed by atoms with Crippen molar-refractivity contribution in [2.24, 2.45) is 5.73 Å². The number of morpholine rings is 1. The maximum Gasteiger partial charge on any atom is 0.123 e. The lowest BCUT2D eigenvalue weighted by Gasteiger charge is -2.34. The van der Waals surface area contributed by atoms with Gasteiger partial charge < -0.3 is 10.5 Å². The van der Waals surface area contributed by atoms with Gasteiger partial charge in [-0.05, 0) is 31.2 Å². The van der Waals surface area contributed by atoms with Crippen molar-refractivity contribution in [3.05, 3.63) is 30.1 Å². The lowest BCUT2D eigenvalue weighted by atomic mass is 10.1. The highest BCUT2D eigenvalue weighted by atomic mass is 32.2. The van der Waals surface area contributed by atoms with Crippen molar-refractivity contribution in [2.75, 3.05) is 32.0 Å². The van der Waals surface area contributed by atoms with Crippen molar-refractivity contribution in [3.8, 4) is 0 Å². The molecule has 2 unspecified atom stereocenters. The van der Waals surface area contributed by atoms with E-state index in [1.807, 2.05) is 19.1 Å². The monoisotopic (exact) mass is 284 g/mol. The molecule has 0 spiro atoms. The Bertz CT molecular complexity index is 386. The molecule has 1 aromatic carbocycles. The van der Waals surface area contributed by atoms with E-state index in [1.54, 1.807) is 11.8 Å². The molecular weight excluding hydrogens is 263 g/mol. The van der Waals surface area contributed by atoms with E-state index in [4.69, 9.17) is 10.5 Å². The van der Waals surface area contributed by atoms with Gasteiger partial charge in [-0.3, -0.25) is 4.90 Å².